The van der Waals surface area contributed by atoms with Gasteiger partial charge in [0.05, 0.1) is 24.9 Å². The summed E-state index contributed by atoms with van der Waals surface area (Å²) in [5, 5.41) is 4.44. The number of morpholine rings is 1. The minimum atomic E-state index is -4.00. The molecule has 1 aromatic carbocycles. The number of halogens is 1. The van der Waals surface area contributed by atoms with Gasteiger partial charge in [-0.15, -0.1) is 6.58 Å². The number of nitrogens with one attached hydrogen (secondary N) is 3. The lowest BCUT2D eigenvalue weighted by Gasteiger charge is -2.31. The van der Waals surface area contributed by atoms with Gasteiger partial charge in [0, 0.05) is 37.3 Å². The Bertz CT molecular complexity index is 2060. The van der Waals surface area contributed by atoms with Gasteiger partial charge < -0.3 is 34.6 Å². The Morgan fingerprint density at radius 1 is 1.09 bits per heavy atom. The molecule has 3 N–H and O–H groups in total. The maximum atomic E-state index is 14.6. The Kier molecular flexibility index (Phi) is 10.7. The van der Waals surface area contributed by atoms with Gasteiger partial charge in [0.25, 0.3) is 5.91 Å². The second kappa shape index (κ2) is 15.2. The molecule has 6 amide bonds. The highest BCUT2D eigenvalue weighted by Gasteiger charge is 2.62. The smallest absolute Gasteiger partial charge is 0.410 e. The number of fused-ring (bicyclic) bond motifs is 3. The van der Waals surface area contributed by atoms with Gasteiger partial charge in [-0.25, -0.2) is 27.2 Å². The molecule has 4 aliphatic heterocycles. The van der Waals surface area contributed by atoms with Gasteiger partial charge in [-0.3, -0.25) is 28.8 Å². The summed E-state index contributed by atoms with van der Waals surface area (Å²) in [5.41, 5.74) is -1.76. The topological polar surface area (TPSA) is 227 Å². The van der Waals surface area contributed by atoms with Crippen LogP contribution in [-0.2, 0) is 61.3 Å². The Morgan fingerprint density at radius 3 is 2.45 bits per heavy atom. The van der Waals surface area contributed by atoms with E-state index in [1.807, 2.05) is 0 Å². The van der Waals surface area contributed by atoms with Gasteiger partial charge in [-0.2, -0.15) is 0 Å². The van der Waals surface area contributed by atoms with Gasteiger partial charge >= 0.3 is 18.2 Å². The lowest BCUT2D eigenvalue weighted by Crippen LogP contribution is -2.58. The van der Waals surface area contributed by atoms with Crippen molar-refractivity contribution in [2.24, 2.45) is 5.92 Å². The molecular formula is C38H47FN6O12S. The molecule has 2 saturated carbocycles. The number of likely N-dealkylation sites (tertiary alicyclic amines) is 2. The van der Waals surface area contributed by atoms with E-state index in [1.54, 1.807) is 26.8 Å². The Morgan fingerprint density at radius 2 is 1.83 bits per heavy atom. The summed E-state index contributed by atoms with van der Waals surface area (Å²) in [7, 11) is -4.00. The van der Waals surface area contributed by atoms with E-state index in [9.17, 15) is 46.4 Å². The molecule has 0 unspecified atom stereocenters. The average Bonchev–Trinajstić information content (AvgIpc) is 3.90. The van der Waals surface area contributed by atoms with Crippen molar-refractivity contribution in [3.63, 3.8) is 0 Å². The molecule has 2 bridgehead atoms. The van der Waals surface area contributed by atoms with Crippen LogP contribution in [0.4, 0.5) is 14.0 Å². The van der Waals surface area contributed by atoms with Crippen molar-refractivity contribution in [3.8, 4) is 0 Å². The summed E-state index contributed by atoms with van der Waals surface area (Å²) in [6.45, 7) is 8.35. The highest BCUT2D eigenvalue weighted by molar-refractivity contribution is 7.91. The number of hydrogen-bond donors (Lipinski definition) is 3. The molecule has 18 nitrogen and oxygen atoms in total. The van der Waals surface area contributed by atoms with Crippen molar-refractivity contribution in [1.29, 1.82) is 0 Å². The van der Waals surface area contributed by atoms with Gasteiger partial charge in [-0.1, -0.05) is 18.2 Å². The first kappa shape index (κ1) is 40.9. The second-order valence-corrected chi connectivity index (χ2v) is 18.7. The van der Waals surface area contributed by atoms with Crippen LogP contribution in [0, 0.1) is 11.7 Å². The van der Waals surface area contributed by atoms with E-state index in [1.165, 1.54) is 28.0 Å². The molecule has 3 saturated heterocycles. The first-order chi connectivity index (χ1) is 27.3. The number of rotatable bonds is 12. The Hall–Kier alpha value is -5.27. The number of ether oxygens (including phenoxy) is 3. The fourth-order valence-electron chi connectivity index (χ4n) is 8.06. The number of esters is 1. The van der Waals surface area contributed by atoms with Crippen molar-refractivity contribution in [3.05, 3.63) is 47.8 Å². The molecule has 0 aromatic heterocycles. The van der Waals surface area contributed by atoms with E-state index in [4.69, 9.17) is 14.2 Å². The van der Waals surface area contributed by atoms with Crippen LogP contribution in [-0.4, -0.2) is 125 Å². The van der Waals surface area contributed by atoms with E-state index in [0.717, 1.165) is 4.90 Å². The molecule has 0 spiro atoms. The summed E-state index contributed by atoms with van der Waals surface area (Å²) in [6.07, 6.45) is -1.65. The largest absolute Gasteiger partial charge is 0.459 e. The van der Waals surface area contributed by atoms with E-state index in [-0.39, 0.29) is 51.9 Å². The summed E-state index contributed by atoms with van der Waals surface area (Å²) in [6, 6.07) is 0.849. The van der Waals surface area contributed by atoms with Crippen molar-refractivity contribution >= 4 is 51.8 Å². The lowest BCUT2D eigenvalue weighted by atomic mass is 10.1. The fraction of sp³-hybridized carbons (Fsp3) is 0.605. The number of carbonyl (C=O) groups excluding carboxylic acids is 7. The third kappa shape index (κ3) is 8.33. The SMILES string of the molecule is C=C[C@@H]1C[C@]1(NC(=O)[C@@H]1C[C@@H](OC(=O)N2Cc3cccc(F)c3C2)CN1C(=O)[C@H](CCC(=O)N1C[C@@H]2C[C@H]1C(=O)O2)NC(=O)OC(C)(C)C)C(=O)NS(=O)(=O)C1CC1. The molecule has 6 aliphatic rings. The van der Waals surface area contributed by atoms with Gasteiger partial charge in [-0.05, 0) is 58.1 Å². The zero-order chi connectivity index (χ0) is 41.9. The van der Waals surface area contributed by atoms with Crippen LogP contribution >= 0.6 is 0 Å². The average molecular weight is 831 g/mol. The molecule has 314 valence electrons. The van der Waals surface area contributed by atoms with E-state index < -0.39 is 110 Å². The van der Waals surface area contributed by atoms with Crippen LogP contribution in [0.1, 0.15) is 76.8 Å². The first-order valence-electron chi connectivity index (χ1n) is 19.3. The number of amides is 6. The maximum absolute atomic E-state index is 14.6. The number of alkyl carbamates (subject to hydrolysis) is 1. The fourth-order valence-corrected chi connectivity index (χ4v) is 9.43. The van der Waals surface area contributed by atoms with Crippen LogP contribution in [0.15, 0.2) is 30.9 Å². The molecule has 4 heterocycles. The lowest BCUT2D eigenvalue weighted by molar-refractivity contribution is -0.157. The molecule has 20 heteroatoms. The van der Waals surface area contributed by atoms with Crippen LogP contribution in [0.3, 0.4) is 0 Å². The van der Waals surface area contributed by atoms with Gasteiger partial charge in [0.2, 0.25) is 27.7 Å². The van der Waals surface area contributed by atoms with Gasteiger partial charge in [0.15, 0.2) is 0 Å². The van der Waals surface area contributed by atoms with E-state index in [2.05, 4.69) is 21.9 Å². The highest BCUT2D eigenvalue weighted by Crippen LogP contribution is 2.45. The summed E-state index contributed by atoms with van der Waals surface area (Å²) in [4.78, 5) is 98.1. The second-order valence-electron chi connectivity index (χ2n) is 16.8. The molecule has 1 aromatic rings. The Balaban J connectivity index is 1.12. The number of hydrogen-bond acceptors (Lipinski definition) is 12. The first-order valence-corrected chi connectivity index (χ1v) is 20.9. The van der Waals surface area contributed by atoms with Crippen LogP contribution in [0.25, 0.3) is 0 Å². The predicted molar refractivity (Wildman–Crippen MR) is 198 cm³/mol. The standard InChI is InChI=1S/C38H47FN6O12S/c1-5-21-15-38(21,34(50)42-58(53,54)24-9-10-24)41-31(47)28-13-23(56-36(52)43-16-20-7-6-8-26(39)25(20)19-43)18-45(28)32(48)27(40-35(51)57-37(2,3)4)11-12-30(46)44-17-22-14-29(44)33(49)55-22/h5-8,21-24,27-29H,1,9-19H2,2-4H3,(H,40,51)(H,41,47)(H,42,50)/t21-,22+,23-,27+,28+,29+,38-/m1/s1. The molecule has 2 aliphatic carbocycles. The number of carbonyl (C=O) groups is 7. The van der Waals surface area contributed by atoms with Crippen molar-refractivity contribution < 1.29 is 60.6 Å². The third-order valence-corrected chi connectivity index (χ3v) is 13.1. The maximum Gasteiger partial charge on any atom is 0.410 e. The zero-order valence-electron chi connectivity index (χ0n) is 32.4. The van der Waals surface area contributed by atoms with Crippen LogP contribution in [0.5, 0.6) is 0 Å². The third-order valence-electron chi connectivity index (χ3n) is 11.3. The Labute approximate surface area is 334 Å². The zero-order valence-corrected chi connectivity index (χ0v) is 33.2. The van der Waals surface area contributed by atoms with Gasteiger partial charge in [0.1, 0.15) is 47.3 Å². The van der Waals surface area contributed by atoms with Crippen LogP contribution < -0.4 is 15.4 Å². The predicted octanol–water partition coefficient (Wildman–Crippen LogP) is 1.12. The molecule has 5 fully saturated rings. The quantitative estimate of drug-likeness (QED) is 0.153. The van der Waals surface area contributed by atoms with Crippen molar-refractivity contribution in [2.45, 2.75) is 126 Å². The number of benzene rings is 1. The molecule has 58 heavy (non-hydrogen) atoms. The van der Waals surface area contributed by atoms with Crippen molar-refractivity contribution in [2.75, 3.05) is 13.1 Å². The van der Waals surface area contributed by atoms with Crippen molar-refractivity contribution in [1.82, 2.24) is 30.1 Å². The van der Waals surface area contributed by atoms with E-state index in [0.29, 0.717) is 30.4 Å². The minimum absolute atomic E-state index is 0.0241. The summed E-state index contributed by atoms with van der Waals surface area (Å²) < 4.78 is 58.4. The number of sulfonamides is 1. The summed E-state index contributed by atoms with van der Waals surface area (Å²) >= 11 is 0. The molecular weight excluding hydrogens is 784 g/mol. The molecule has 0 radical (unpaired) electrons. The monoisotopic (exact) mass is 830 g/mol. The summed E-state index contributed by atoms with van der Waals surface area (Å²) in [5.74, 6) is -4.79. The number of nitrogens with zero attached hydrogens (tertiary/aromatic N) is 3. The minimum Gasteiger partial charge on any atom is -0.459 e. The van der Waals surface area contributed by atoms with E-state index >= 15 is 0 Å². The highest BCUT2D eigenvalue weighted by atomic mass is 32.2. The molecule has 7 rings (SSSR count). The normalized spacial score (nSPS) is 27.6. The van der Waals surface area contributed by atoms with Crippen LogP contribution in [0.2, 0.25) is 0 Å². The molecule has 7 atom stereocenters.